The highest BCUT2D eigenvalue weighted by Gasteiger charge is 2.27. The van der Waals surface area contributed by atoms with Crippen LogP contribution in [-0.4, -0.2) is 28.0 Å². The third kappa shape index (κ3) is 2.31. The van der Waals surface area contributed by atoms with Crippen LogP contribution in [0.3, 0.4) is 0 Å². The number of nitrogens with one attached hydrogen (secondary N) is 1. The van der Waals surface area contributed by atoms with Gasteiger partial charge in [0.05, 0.1) is 22.5 Å². The molecule has 1 saturated heterocycles. The quantitative estimate of drug-likeness (QED) is 0.890. The molecule has 0 bridgehead atoms. The lowest BCUT2D eigenvalue weighted by Gasteiger charge is -2.27. The van der Waals surface area contributed by atoms with Crippen LogP contribution < -0.4 is 5.32 Å². The maximum atomic E-state index is 10.4. The molecule has 4 nitrogen and oxygen atoms in total. The third-order valence-electron chi connectivity index (χ3n) is 3.24. The first kappa shape index (κ1) is 12.1. The van der Waals surface area contributed by atoms with Crippen LogP contribution in [0.5, 0.6) is 0 Å². The SMILES string of the molecule is CCn1ncc(Br)c1C(O)C1CCNCC1. The fraction of sp³-hybridized carbons (Fsp3) is 0.727. The zero-order valence-corrected chi connectivity index (χ0v) is 11.1. The second kappa shape index (κ2) is 5.29. The van der Waals surface area contributed by atoms with Crippen molar-refractivity contribution in [2.75, 3.05) is 13.1 Å². The Labute approximate surface area is 104 Å². The minimum Gasteiger partial charge on any atom is -0.386 e. The van der Waals surface area contributed by atoms with Gasteiger partial charge in [0.1, 0.15) is 0 Å². The summed E-state index contributed by atoms with van der Waals surface area (Å²) in [5.74, 6) is 0.347. The zero-order chi connectivity index (χ0) is 11.5. The molecule has 0 aromatic carbocycles. The molecule has 1 aromatic heterocycles. The summed E-state index contributed by atoms with van der Waals surface area (Å²) in [7, 11) is 0. The molecule has 0 amide bonds. The molecular weight excluding hydrogens is 270 g/mol. The monoisotopic (exact) mass is 287 g/mol. The second-order valence-corrected chi connectivity index (χ2v) is 5.08. The Hall–Kier alpha value is -0.390. The number of halogens is 1. The van der Waals surface area contributed by atoms with Crippen LogP contribution in [0.2, 0.25) is 0 Å². The summed E-state index contributed by atoms with van der Waals surface area (Å²) >= 11 is 3.47. The van der Waals surface area contributed by atoms with Crippen LogP contribution in [0, 0.1) is 5.92 Å². The molecule has 0 spiro atoms. The van der Waals surface area contributed by atoms with Crippen LogP contribution in [0.15, 0.2) is 10.7 Å². The number of piperidine rings is 1. The second-order valence-electron chi connectivity index (χ2n) is 4.23. The first-order valence-corrected chi connectivity index (χ1v) is 6.63. The highest BCUT2D eigenvalue weighted by Crippen LogP contribution is 2.32. The molecule has 1 atom stereocenters. The first-order valence-electron chi connectivity index (χ1n) is 5.84. The van der Waals surface area contributed by atoms with Gasteiger partial charge in [-0.1, -0.05) is 0 Å². The van der Waals surface area contributed by atoms with Crippen molar-refractivity contribution in [3.8, 4) is 0 Å². The standard InChI is InChI=1S/C11H18BrN3O/c1-2-15-10(9(12)7-14-15)11(16)8-3-5-13-6-4-8/h7-8,11,13,16H,2-6H2,1H3. The van der Waals surface area contributed by atoms with Gasteiger partial charge in [0, 0.05) is 6.54 Å². The smallest absolute Gasteiger partial charge is 0.0997 e. The van der Waals surface area contributed by atoms with Gasteiger partial charge in [-0.15, -0.1) is 0 Å². The predicted molar refractivity (Wildman–Crippen MR) is 66.2 cm³/mol. The van der Waals surface area contributed by atoms with E-state index in [1.54, 1.807) is 6.20 Å². The molecule has 90 valence electrons. The Morgan fingerprint density at radius 2 is 2.31 bits per heavy atom. The van der Waals surface area contributed by atoms with E-state index >= 15 is 0 Å². The molecule has 0 saturated carbocycles. The molecule has 2 heterocycles. The molecule has 16 heavy (non-hydrogen) atoms. The normalized spacial score (nSPS) is 19.9. The Balaban J connectivity index is 2.18. The highest BCUT2D eigenvalue weighted by molar-refractivity contribution is 9.10. The van der Waals surface area contributed by atoms with E-state index in [0.29, 0.717) is 5.92 Å². The molecule has 2 N–H and O–H groups in total. The van der Waals surface area contributed by atoms with Gasteiger partial charge in [0.2, 0.25) is 0 Å². The van der Waals surface area contributed by atoms with Crippen LogP contribution >= 0.6 is 15.9 Å². The lowest BCUT2D eigenvalue weighted by atomic mass is 9.90. The number of hydrogen-bond donors (Lipinski definition) is 2. The Morgan fingerprint density at radius 1 is 1.62 bits per heavy atom. The maximum absolute atomic E-state index is 10.4. The van der Waals surface area contributed by atoms with Crippen molar-refractivity contribution in [2.24, 2.45) is 5.92 Å². The van der Waals surface area contributed by atoms with Crippen molar-refractivity contribution in [2.45, 2.75) is 32.4 Å². The van der Waals surface area contributed by atoms with E-state index in [4.69, 9.17) is 0 Å². The van der Waals surface area contributed by atoms with Crippen LogP contribution in [0.25, 0.3) is 0 Å². The molecule has 1 aliphatic heterocycles. The number of aliphatic hydroxyl groups excluding tert-OH is 1. The van der Waals surface area contributed by atoms with E-state index in [1.165, 1.54) is 0 Å². The zero-order valence-electron chi connectivity index (χ0n) is 9.49. The fourth-order valence-electron chi connectivity index (χ4n) is 2.30. The van der Waals surface area contributed by atoms with Gasteiger partial charge in [-0.3, -0.25) is 4.68 Å². The van der Waals surface area contributed by atoms with Crippen LogP contribution in [0.1, 0.15) is 31.6 Å². The summed E-state index contributed by atoms with van der Waals surface area (Å²) in [4.78, 5) is 0. The van der Waals surface area contributed by atoms with E-state index in [9.17, 15) is 5.11 Å². The minimum absolute atomic E-state index is 0.347. The van der Waals surface area contributed by atoms with Crippen molar-refractivity contribution < 1.29 is 5.11 Å². The fourth-order valence-corrected chi connectivity index (χ4v) is 2.83. The van der Waals surface area contributed by atoms with Gasteiger partial charge in [-0.2, -0.15) is 5.10 Å². The molecular formula is C11H18BrN3O. The van der Waals surface area contributed by atoms with Gasteiger partial charge in [-0.25, -0.2) is 0 Å². The Bertz CT molecular complexity index is 347. The maximum Gasteiger partial charge on any atom is 0.0997 e. The lowest BCUT2D eigenvalue weighted by Crippen LogP contribution is -2.31. The number of rotatable bonds is 3. The molecule has 1 aromatic rings. The van der Waals surface area contributed by atoms with Crippen molar-refractivity contribution in [3.05, 3.63) is 16.4 Å². The van der Waals surface area contributed by atoms with E-state index in [0.717, 1.165) is 42.6 Å². The van der Waals surface area contributed by atoms with Crippen LogP contribution in [0.4, 0.5) is 0 Å². The molecule has 1 aliphatic rings. The van der Waals surface area contributed by atoms with Gasteiger partial charge in [-0.05, 0) is 54.7 Å². The van der Waals surface area contributed by atoms with E-state index in [2.05, 4.69) is 26.3 Å². The largest absolute Gasteiger partial charge is 0.386 e. The molecule has 0 aliphatic carbocycles. The van der Waals surface area contributed by atoms with Gasteiger partial charge in [0.15, 0.2) is 0 Å². The summed E-state index contributed by atoms with van der Waals surface area (Å²) in [6, 6.07) is 0. The summed E-state index contributed by atoms with van der Waals surface area (Å²) in [5, 5.41) is 18.0. The van der Waals surface area contributed by atoms with Gasteiger partial charge < -0.3 is 10.4 Å². The highest BCUT2D eigenvalue weighted by atomic mass is 79.9. The topological polar surface area (TPSA) is 50.1 Å². The molecule has 0 radical (unpaired) electrons. The van der Waals surface area contributed by atoms with Crippen LogP contribution in [-0.2, 0) is 6.54 Å². The van der Waals surface area contributed by atoms with Gasteiger partial charge in [0.25, 0.3) is 0 Å². The average molecular weight is 288 g/mol. The summed E-state index contributed by atoms with van der Waals surface area (Å²) in [6.07, 6.45) is 3.42. The van der Waals surface area contributed by atoms with Gasteiger partial charge >= 0.3 is 0 Å². The molecule has 5 heteroatoms. The molecule has 1 unspecified atom stereocenters. The summed E-state index contributed by atoms with van der Waals surface area (Å²) < 4.78 is 2.79. The molecule has 2 rings (SSSR count). The van der Waals surface area contributed by atoms with Crippen molar-refractivity contribution in [1.82, 2.24) is 15.1 Å². The minimum atomic E-state index is -0.404. The Morgan fingerprint density at radius 3 is 2.94 bits per heavy atom. The number of nitrogens with zero attached hydrogens (tertiary/aromatic N) is 2. The van der Waals surface area contributed by atoms with E-state index < -0.39 is 6.10 Å². The number of hydrogen-bond acceptors (Lipinski definition) is 3. The first-order chi connectivity index (χ1) is 7.74. The third-order valence-corrected chi connectivity index (χ3v) is 3.85. The predicted octanol–water partition coefficient (Wildman–Crippen LogP) is 1.70. The van der Waals surface area contributed by atoms with Crippen molar-refractivity contribution in [3.63, 3.8) is 0 Å². The summed E-state index contributed by atoms with van der Waals surface area (Å²) in [6.45, 7) is 4.83. The molecule has 1 fully saturated rings. The van der Waals surface area contributed by atoms with Crippen molar-refractivity contribution in [1.29, 1.82) is 0 Å². The van der Waals surface area contributed by atoms with E-state index in [-0.39, 0.29) is 0 Å². The van der Waals surface area contributed by atoms with E-state index in [1.807, 2.05) is 11.6 Å². The Kier molecular flexibility index (Phi) is 4.00. The number of aliphatic hydroxyl groups is 1. The lowest BCUT2D eigenvalue weighted by molar-refractivity contribution is 0.0802. The average Bonchev–Trinajstić information content (AvgIpc) is 2.70. The summed E-state index contributed by atoms with van der Waals surface area (Å²) in [5.41, 5.74) is 0.925. The number of aryl methyl sites for hydroxylation is 1. The number of aromatic nitrogens is 2. The van der Waals surface area contributed by atoms with Crippen molar-refractivity contribution >= 4 is 15.9 Å².